The van der Waals surface area contributed by atoms with Crippen LogP contribution in [0.5, 0.6) is 5.75 Å². The van der Waals surface area contributed by atoms with Crippen molar-refractivity contribution in [3.8, 4) is 5.75 Å². The van der Waals surface area contributed by atoms with Crippen molar-refractivity contribution in [3.05, 3.63) is 29.8 Å². The van der Waals surface area contributed by atoms with Gasteiger partial charge < -0.3 is 15.4 Å². The van der Waals surface area contributed by atoms with Crippen LogP contribution >= 0.6 is 12.4 Å². The molecule has 0 aliphatic carbocycles. The molecule has 0 aliphatic heterocycles. The molecule has 1 aromatic carbocycles. The average Bonchev–Trinajstić information content (AvgIpc) is 2.43. The van der Waals surface area contributed by atoms with E-state index in [-0.39, 0.29) is 18.3 Å². The molecule has 1 aromatic rings. The van der Waals surface area contributed by atoms with E-state index in [0.717, 1.165) is 24.3 Å². The summed E-state index contributed by atoms with van der Waals surface area (Å²) in [4.78, 5) is 11.6. The highest BCUT2D eigenvalue weighted by atomic mass is 35.5. The summed E-state index contributed by atoms with van der Waals surface area (Å²) in [6.45, 7) is 8.30. The summed E-state index contributed by atoms with van der Waals surface area (Å²) in [6.07, 6.45) is 1.24. The molecule has 0 saturated carbocycles. The summed E-state index contributed by atoms with van der Waals surface area (Å²) >= 11 is 0. The Morgan fingerprint density at radius 3 is 2.71 bits per heavy atom. The van der Waals surface area contributed by atoms with Crippen LogP contribution in [0.2, 0.25) is 0 Å². The minimum atomic E-state index is 0. The third kappa shape index (κ3) is 8.58. The van der Waals surface area contributed by atoms with E-state index < -0.39 is 0 Å². The Morgan fingerprint density at radius 2 is 2.05 bits per heavy atom. The molecule has 0 fully saturated rings. The molecule has 0 saturated heterocycles. The number of hydrogen-bond donors (Lipinski definition) is 2. The van der Waals surface area contributed by atoms with Gasteiger partial charge >= 0.3 is 0 Å². The van der Waals surface area contributed by atoms with Crippen LogP contribution in [0.3, 0.4) is 0 Å². The molecule has 1 amide bonds. The number of para-hydroxylation sites is 1. The smallest absolute Gasteiger partial charge is 0.220 e. The highest BCUT2D eigenvalue weighted by Gasteiger charge is 2.04. The van der Waals surface area contributed by atoms with E-state index >= 15 is 0 Å². The number of benzene rings is 1. The highest BCUT2D eigenvalue weighted by molar-refractivity contribution is 5.85. The lowest BCUT2D eigenvalue weighted by Crippen LogP contribution is -2.38. The Bertz CT molecular complexity index is 413. The van der Waals surface area contributed by atoms with Gasteiger partial charge in [-0.25, -0.2) is 0 Å². The maximum absolute atomic E-state index is 11.6. The topological polar surface area (TPSA) is 50.4 Å². The summed E-state index contributed by atoms with van der Waals surface area (Å²) in [5, 5.41) is 6.18. The summed E-state index contributed by atoms with van der Waals surface area (Å²) in [5.41, 5.74) is 1.12. The number of carbonyl (C=O) groups excluding carboxylic acids is 1. The van der Waals surface area contributed by atoms with E-state index in [9.17, 15) is 4.79 Å². The molecule has 0 unspecified atom stereocenters. The lowest BCUT2D eigenvalue weighted by Gasteiger charge is -2.13. The molecule has 0 spiro atoms. The van der Waals surface area contributed by atoms with Gasteiger partial charge in [-0.1, -0.05) is 25.1 Å². The molecule has 21 heavy (non-hydrogen) atoms. The van der Waals surface area contributed by atoms with Gasteiger partial charge in [-0.05, 0) is 38.4 Å². The number of amides is 1. The first-order valence-electron chi connectivity index (χ1n) is 7.32. The van der Waals surface area contributed by atoms with Crippen LogP contribution in [0.25, 0.3) is 0 Å². The van der Waals surface area contributed by atoms with E-state index in [1.807, 2.05) is 31.2 Å². The Hall–Kier alpha value is -1.26. The summed E-state index contributed by atoms with van der Waals surface area (Å²) in [6, 6.07) is 8.22. The standard InChI is InChI=1S/C16H26N2O2.ClH/c1-4-17-14(3)12-18-16(19)10-7-11-20-15-9-6-5-8-13(15)2;/h5-6,8-9,14,17H,4,7,10-12H2,1-3H3,(H,18,19);1H/t14-;/m1./s1. The van der Waals surface area contributed by atoms with Gasteiger partial charge in [-0.15, -0.1) is 12.4 Å². The molecular weight excluding hydrogens is 288 g/mol. The van der Waals surface area contributed by atoms with Crippen molar-refractivity contribution in [2.24, 2.45) is 0 Å². The fourth-order valence-corrected chi connectivity index (χ4v) is 1.91. The zero-order valence-electron chi connectivity index (χ0n) is 13.1. The summed E-state index contributed by atoms with van der Waals surface area (Å²) in [5.74, 6) is 0.983. The molecule has 0 aliphatic rings. The minimum Gasteiger partial charge on any atom is -0.493 e. The third-order valence-corrected chi connectivity index (χ3v) is 3.06. The molecule has 1 rings (SSSR count). The molecule has 0 aromatic heterocycles. The van der Waals surface area contributed by atoms with Gasteiger partial charge in [0.2, 0.25) is 5.91 Å². The Balaban J connectivity index is 0.00000400. The Labute approximate surface area is 134 Å². The van der Waals surface area contributed by atoms with Gasteiger partial charge in [0.25, 0.3) is 0 Å². The second-order valence-electron chi connectivity index (χ2n) is 4.98. The van der Waals surface area contributed by atoms with E-state index in [1.54, 1.807) is 0 Å². The van der Waals surface area contributed by atoms with Crippen molar-refractivity contribution in [2.75, 3.05) is 19.7 Å². The normalized spacial score (nSPS) is 11.4. The SMILES string of the molecule is CCN[C@H](C)CNC(=O)CCCOc1ccccc1C.Cl. The first-order valence-corrected chi connectivity index (χ1v) is 7.32. The minimum absolute atomic E-state index is 0. The van der Waals surface area contributed by atoms with Crippen LogP contribution < -0.4 is 15.4 Å². The maximum atomic E-state index is 11.6. The van der Waals surface area contributed by atoms with Crippen LogP contribution in [0.1, 0.15) is 32.3 Å². The number of nitrogens with one attached hydrogen (secondary N) is 2. The van der Waals surface area contributed by atoms with Crippen molar-refractivity contribution in [2.45, 2.75) is 39.7 Å². The van der Waals surface area contributed by atoms with E-state index in [0.29, 0.717) is 25.6 Å². The Morgan fingerprint density at radius 1 is 1.33 bits per heavy atom. The van der Waals surface area contributed by atoms with E-state index in [4.69, 9.17) is 4.74 Å². The molecule has 4 nitrogen and oxygen atoms in total. The summed E-state index contributed by atoms with van der Waals surface area (Å²) in [7, 11) is 0. The van der Waals surface area contributed by atoms with Crippen LogP contribution in [0, 0.1) is 6.92 Å². The number of halogens is 1. The number of aryl methyl sites for hydroxylation is 1. The van der Waals surface area contributed by atoms with Gasteiger partial charge in [0, 0.05) is 19.0 Å². The van der Waals surface area contributed by atoms with Crippen LogP contribution in [-0.2, 0) is 4.79 Å². The second-order valence-corrected chi connectivity index (χ2v) is 4.98. The molecule has 5 heteroatoms. The first kappa shape index (κ1) is 19.7. The average molecular weight is 315 g/mol. The zero-order chi connectivity index (χ0) is 14.8. The number of likely N-dealkylation sites (N-methyl/N-ethyl adjacent to an activating group) is 1. The van der Waals surface area contributed by atoms with Gasteiger partial charge in [0.05, 0.1) is 6.61 Å². The van der Waals surface area contributed by atoms with Crippen LogP contribution in [0.15, 0.2) is 24.3 Å². The van der Waals surface area contributed by atoms with E-state index in [2.05, 4.69) is 24.5 Å². The number of rotatable bonds is 9. The van der Waals surface area contributed by atoms with Gasteiger partial charge in [-0.3, -0.25) is 4.79 Å². The van der Waals surface area contributed by atoms with Crippen molar-refractivity contribution in [1.29, 1.82) is 0 Å². The van der Waals surface area contributed by atoms with Crippen LogP contribution in [-0.4, -0.2) is 31.6 Å². The zero-order valence-corrected chi connectivity index (χ0v) is 14.0. The van der Waals surface area contributed by atoms with Crippen molar-refractivity contribution >= 4 is 18.3 Å². The molecular formula is C16H27ClN2O2. The predicted octanol–water partition coefficient (Wildman–Crippen LogP) is 2.69. The molecule has 120 valence electrons. The van der Waals surface area contributed by atoms with E-state index in [1.165, 1.54) is 0 Å². The van der Waals surface area contributed by atoms with Crippen molar-refractivity contribution in [1.82, 2.24) is 10.6 Å². The fraction of sp³-hybridized carbons (Fsp3) is 0.562. The molecule has 2 N–H and O–H groups in total. The summed E-state index contributed by atoms with van der Waals surface area (Å²) < 4.78 is 5.66. The number of carbonyl (C=O) groups is 1. The first-order chi connectivity index (χ1) is 9.63. The lowest BCUT2D eigenvalue weighted by molar-refractivity contribution is -0.121. The molecule has 0 bridgehead atoms. The quantitative estimate of drug-likeness (QED) is 0.689. The fourth-order valence-electron chi connectivity index (χ4n) is 1.91. The van der Waals surface area contributed by atoms with Gasteiger partial charge in [-0.2, -0.15) is 0 Å². The third-order valence-electron chi connectivity index (χ3n) is 3.06. The predicted molar refractivity (Wildman–Crippen MR) is 89.3 cm³/mol. The van der Waals surface area contributed by atoms with Gasteiger partial charge in [0.15, 0.2) is 0 Å². The van der Waals surface area contributed by atoms with Crippen LogP contribution in [0.4, 0.5) is 0 Å². The number of hydrogen-bond acceptors (Lipinski definition) is 3. The van der Waals surface area contributed by atoms with Crippen molar-refractivity contribution < 1.29 is 9.53 Å². The second kappa shape index (κ2) is 11.4. The highest BCUT2D eigenvalue weighted by Crippen LogP contribution is 2.16. The maximum Gasteiger partial charge on any atom is 0.220 e. The molecule has 1 atom stereocenters. The monoisotopic (exact) mass is 314 g/mol. The largest absolute Gasteiger partial charge is 0.493 e. The molecule has 0 heterocycles. The van der Waals surface area contributed by atoms with Gasteiger partial charge in [0.1, 0.15) is 5.75 Å². The number of ether oxygens (including phenoxy) is 1. The lowest BCUT2D eigenvalue weighted by atomic mass is 10.2. The van der Waals surface area contributed by atoms with Crippen molar-refractivity contribution in [3.63, 3.8) is 0 Å². The Kier molecular flexibility index (Phi) is 10.7. The molecule has 0 radical (unpaired) electrons.